The maximum Gasteiger partial charge on any atom is 0.336 e. The van der Waals surface area contributed by atoms with Crippen LogP contribution in [0.1, 0.15) is 45.1 Å². The highest BCUT2D eigenvalue weighted by molar-refractivity contribution is 5.99. The van der Waals surface area contributed by atoms with Crippen molar-refractivity contribution < 1.29 is 33.5 Å². The van der Waals surface area contributed by atoms with Crippen molar-refractivity contribution in [3.05, 3.63) is 40.2 Å². The largest absolute Gasteiger partial charge is 0.481 e. The van der Waals surface area contributed by atoms with Crippen LogP contribution in [0, 0.1) is 6.92 Å². The molecule has 12 nitrogen and oxygen atoms in total. The van der Waals surface area contributed by atoms with Gasteiger partial charge in [-0.3, -0.25) is 24.0 Å². The summed E-state index contributed by atoms with van der Waals surface area (Å²) < 4.78 is 5.19. The van der Waals surface area contributed by atoms with Gasteiger partial charge in [0, 0.05) is 36.2 Å². The minimum absolute atomic E-state index is 0.257. The van der Waals surface area contributed by atoms with Gasteiger partial charge in [0.2, 0.25) is 23.6 Å². The Morgan fingerprint density at radius 1 is 1.08 bits per heavy atom. The lowest BCUT2D eigenvalue weighted by Crippen LogP contribution is -2.54. The fourth-order valence-corrected chi connectivity index (χ4v) is 4.18. The number of amides is 4. The van der Waals surface area contributed by atoms with Crippen LogP contribution in [0.3, 0.4) is 0 Å². The number of likely N-dealkylation sites (tertiary alicyclic amines) is 1. The predicted octanol–water partition coefficient (Wildman–Crippen LogP) is 0.905. The molecular formula is C25H30N4O8. The standard InChI is InChI=1S/C25H30N4O8/c1-13-11-22(33)37-19-12-16(6-7-17(13)19)28-23(34)14(2)27-24(35)18-5-4-10-29(18)25(36)15(3)26-20(30)8-9-21(31)32/h6-7,11-12,14-15,18H,4-5,8-10H2,1-3H3,(H,26,30)(H,27,35)(H,28,34)(H,31,32). The molecule has 4 amide bonds. The van der Waals surface area contributed by atoms with Crippen molar-refractivity contribution in [2.24, 2.45) is 0 Å². The van der Waals surface area contributed by atoms with Gasteiger partial charge in [-0.05, 0) is 51.3 Å². The number of carboxylic acid groups (broad SMARTS) is 1. The van der Waals surface area contributed by atoms with E-state index in [1.54, 1.807) is 19.1 Å². The monoisotopic (exact) mass is 514 g/mol. The number of aryl methyl sites for hydroxylation is 1. The number of carbonyl (C=O) groups excluding carboxylic acids is 4. The number of aliphatic carboxylic acids is 1. The van der Waals surface area contributed by atoms with Crippen LogP contribution in [-0.4, -0.2) is 64.3 Å². The number of nitrogens with one attached hydrogen (secondary N) is 3. The molecule has 0 saturated carbocycles. The van der Waals surface area contributed by atoms with Gasteiger partial charge >= 0.3 is 11.6 Å². The summed E-state index contributed by atoms with van der Waals surface area (Å²) in [6.45, 7) is 5.07. The van der Waals surface area contributed by atoms with Gasteiger partial charge in [-0.15, -0.1) is 0 Å². The summed E-state index contributed by atoms with van der Waals surface area (Å²) >= 11 is 0. The van der Waals surface area contributed by atoms with Gasteiger partial charge in [0.1, 0.15) is 23.7 Å². The van der Waals surface area contributed by atoms with Crippen molar-refractivity contribution in [3.63, 3.8) is 0 Å². The number of nitrogens with zero attached hydrogens (tertiary/aromatic N) is 1. The molecule has 0 aliphatic carbocycles. The molecular weight excluding hydrogens is 484 g/mol. The predicted molar refractivity (Wildman–Crippen MR) is 133 cm³/mol. The average molecular weight is 515 g/mol. The Morgan fingerprint density at radius 3 is 2.51 bits per heavy atom. The lowest BCUT2D eigenvalue weighted by atomic mass is 10.1. The molecule has 4 N–H and O–H groups in total. The summed E-state index contributed by atoms with van der Waals surface area (Å²) in [5, 5.41) is 17.2. The van der Waals surface area contributed by atoms with E-state index >= 15 is 0 Å². The van der Waals surface area contributed by atoms with E-state index in [4.69, 9.17) is 9.52 Å². The molecule has 198 valence electrons. The molecule has 2 heterocycles. The minimum atomic E-state index is -1.12. The van der Waals surface area contributed by atoms with Crippen LogP contribution in [-0.2, 0) is 24.0 Å². The molecule has 3 atom stereocenters. The van der Waals surface area contributed by atoms with Crippen molar-refractivity contribution in [1.82, 2.24) is 15.5 Å². The quantitative estimate of drug-likeness (QED) is 0.357. The summed E-state index contributed by atoms with van der Waals surface area (Å²) in [6, 6.07) is 3.61. The Labute approximate surface area is 212 Å². The van der Waals surface area contributed by atoms with Gasteiger partial charge in [-0.25, -0.2) is 4.79 Å². The lowest BCUT2D eigenvalue weighted by molar-refractivity contribution is -0.142. The van der Waals surface area contributed by atoms with E-state index in [9.17, 15) is 28.8 Å². The fourth-order valence-electron chi connectivity index (χ4n) is 4.18. The molecule has 1 aromatic carbocycles. The summed E-state index contributed by atoms with van der Waals surface area (Å²) in [5.41, 5.74) is 0.953. The number of rotatable bonds is 9. The van der Waals surface area contributed by atoms with Crippen molar-refractivity contribution in [1.29, 1.82) is 0 Å². The molecule has 1 aromatic heterocycles. The second kappa shape index (κ2) is 11.7. The van der Waals surface area contributed by atoms with Crippen molar-refractivity contribution in [2.75, 3.05) is 11.9 Å². The maximum absolute atomic E-state index is 12.9. The number of anilines is 1. The topological polar surface area (TPSA) is 175 Å². The second-order valence-electron chi connectivity index (χ2n) is 9.05. The molecule has 1 aliphatic rings. The molecule has 1 saturated heterocycles. The van der Waals surface area contributed by atoms with E-state index in [0.717, 1.165) is 10.9 Å². The smallest absolute Gasteiger partial charge is 0.336 e. The van der Waals surface area contributed by atoms with Crippen LogP contribution in [0.2, 0.25) is 0 Å². The van der Waals surface area contributed by atoms with Gasteiger partial charge in [-0.2, -0.15) is 0 Å². The highest BCUT2D eigenvalue weighted by Gasteiger charge is 2.37. The zero-order valence-electron chi connectivity index (χ0n) is 20.8. The summed E-state index contributed by atoms with van der Waals surface area (Å²) in [6.07, 6.45) is 0.363. The minimum Gasteiger partial charge on any atom is -0.481 e. The first-order valence-electron chi connectivity index (χ1n) is 11.9. The second-order valence-corrected chi connectivity index (χ2v) is 9.05. The SMILES string of the molecule is Cc1cc(=O)oc2cc(NC(=O)C(C)NC(=O)C3CCCN3C(=O)C(C)NC(=O)CCC(=O)O)ccc12. The number of carboxylic acids is 1. The Morgan fingerprint density at radius 2 is 1.81 bits per heavy atom. The van der Waals surface area contributed by atoms with E-state index in [0.29, 0.717) is 30.7 Å². The van der Waals surface area contributed by atoms with Crippen LogP contribution in [0.15, 0.2) is 33.5 Å². The van der Waals surface area contributed by atoms with E-state index in [1.807, 2.05) is 0 Å². The Hall–Kier alpha value is -4.22. The van der Waals surface area contributed by atoms with E-state index in [-0.39, 0.29) is 12.8 Å². The number of hydrogen-bond donors (Lipinski definition) is 4. The van der Waals surface area contributed by atoms with E-state index < -0.39 is 53.3 Å². The van der Waals surface area contributed by atoms with Crippen LogP contribution in [0.4, 0.5) is 5.69 Å². The molecule has 37 heavy (non-hydrogen) atoms. The molecule has 0 bridgehead atoms. The first kappa shape index (κ1) is 27.4. The van der Waals surface area contributed by atoms with Gasteiger partial charge in [-0.1, -0.05) is 0 Å². The third-order valence-electron chi connectivity index (χ3n) is 6.12. The Kier molecular flexibility index (Phi) is 8.64. The third kappa shape index (κ3) is 6.93. The van der Waals surface area contributed by atoms with Crippen molar-refractivity contribution in [2.45, 2.75) is 64.6 Å². The van der Waals surface area contributed by atoms with E-state index in [2.05, 4.69) is 16.0 Å². The lowest BCUT2D eigenvalue weighted by Gasteiger charge is -2.28. The first-order chi connectivity index (χ1) is 17.5. The molecule has 1 aliphatic heterocycles. The van der Waals surface area contributed by atoms with Crippen molar-refractivity contribution >= 4 is 46.3 Å². The highest BCUT2D eigenvalue weighted by atomic mass is 16.4. The molecule has 12 heteroatoms. The van der Waals surface area contributed by atoms with E-state index in [1.165, 1.54) is 30.9 Å². The Balaban J connectivity index is 1.58. The van der Waals surface area contributed by atoms with Crippen LogP contribution in [0.25, 0.3) is 11.0 Å². The number of benzene rings is 1. The normalized spacial score (nSPS) is 16.6. The fraction of sp³-hybridized carbons (Fsp3) is 0.440. The molecule has 1 fully saturated rings. The summed E-state index contributed by atoms with van der Waals surface area (Å²) in [5.74, 6) is -3.16. The zero-order valence-corrected chi connectivity index (χ0v) is 20.8. The molecule has 0 spiro atoms. The molecule has 3 rings (SSSR count). The number of carbonyl (C=O) groups is 5. The molecule has 0 radical (unpaired) electrons. The van der Waals surface area contributed by atoms with Crippen LogP contribution < -0.4 is 21.6 Å². The summed E-state index contributed by atoms with van der Waals surface area (Å²) in [4.78, 5) is 74.0. The van der Waals surface area contributed by atoms with Gasteiger partial charge in [0.15, 0.2) is 0 Å². The van der Waals surface area contributed by atoms with Gasteiger partial charge < -0.3 is 30.4 Å². The van der Waals surface area contributed by atoms with Crippen LogP contribution >= 0.6 is 0 Å². The highest BCUT2D eigenvalue weighted by Crippen LogP contribution is 2.21. The average Bonchev–Trinajstić information content (AvgIpc) is 3.32. The molecule has 2 aromatic rings. The summed E-state index contributed by atoms with van der Waals surface area (Å²) in [7, 11) is 0. The number of fused-ring (bicyclic) bond motifs is 1. The third-order valence-corrected chi connectivity index (χ3v) is 6.12. The van der Waals surface area contributed by atoms with Crippen molar-refractivity contribution in [3.8, 4) is 0 Å². The molecule has 3 unspecified atom stereocenters. The first-order valence-corrected chi connectivity index (χ1v) is 11.9. The maximum atomic E-state index is 12.9. The number of hydrogen-bond acceptors (Lipinski definition) is 7. The van der Waals surface area contributed by atoms with Gasteiger partial charge in [0.25, 0.3) is 0 Å². The zero-order chi connectivity index (χ0) is 27.3. The Bertz CT molecular complexity index is 1290. The van der Waals surface area contributed by atoms with Crippen LogP contribution in [0.5, 0.6) is 0 Å². The van der Waals surface area contributed by atoms with Gasteiger partial charge in [0.05, 0.1) is 6.42 Å².